The van der Waals surface area contributed by atoms with Crippen molar-refractivity contribution in [3.63, 3.8) is 0 Å². The number of carboxylic acids is 1. The molecule has 31 heavy (non-hydrogen) atoms. The van der Waals surface area contributed by atoms with E-state index in [-0.39, 0.29) is 11.0 Å². The normalized spacial score (nSPS) is 12.1. The van der Waals surface area contributed by atoms with E-state index in [0.717, 1.165) is 0 Å². The molecule has 168 valence electrons. The van der Waals surface area contributed by atoms with Crippen LogP contribution in [0.3, 0.4) is 0 Å². The Labute approximate surface area is 182 Å². The van der Waals surface area contributed by atoms with Crippen molar-refractivity contribution >= 4 is 11.9 Å². The summed E-state index contributed by atoms with van der Waals surface area (Å²) in [5, 5.41) is 12.0. The van der Waals surface area contributed by atoms with Crippen LogP contribution in [0.5, 0.6) is 17.4 Å². The Kier molecular flexibility index (Phi) is 8.81. The predicted molar refractivity (Wildman–Crippen MR) is 116 cm³/mol. The summed E-state index contributed by atoms with van der Waals surface area (Å²) in [6.45, 7) is 6.98. The van der Waals surface area contributed by atoms with E-state index < -0.39 is 17.9 Å². The second-order valence-corrected chi connectivity index (χ2v) is 8.27. The number of methoxy groups -OCH3 is 1. The molecule has 0 bridgehead atoms. The van der Waals surface area contributed by atoms with Crippen LogP contribution in [0.25, 0.3) is 0 Å². The average Bonchev–Trinajstić information content (AvgIpc) is 2.71. The highest BCUT2D eigenvalue weighted by Crippen LogP contribution is 2.24. The third kappa shape index (κ3) is 8.64. The number of nitrogens with one attached hydrogen (secondary N) is 1. The predicted octanol–water partition coefficient (Wildman–Crippen LogP) is 3.91. The molecule has 0 spiro atoms. The van der Waals surface area contributed by atoms with Gasteiger partial charge in [-0.1, -0.05) is 26.8 Å². The zero-order chi connectivity index (χ0) is 22.9. The molecule has 1 aromatic carbocycles. The summed E-state index contributed by atoms with van der Waals surface area (Å²) in [5.74, 6) is -0.0756. The van der Waals surface area contributed by atoms with Crippen LogP contribution in [0.4, 0.5) is 0 Å². The smallest absolute Gasteiger partial charge is 0.326 e. The molecule has 1 amide bonds. The zero-order valence-electron chi connectivity index (χ0n) is 18.4. The molecule has 8 heteroatoms. The van der Waals surface area contributed by atoms with Gasteiger partial charge in [0.15, 0.2) is 0 Å². The first-order valence-electron chi connectivity index (χ1n) is 10.1. The molecule has 0 fully saturated rings. The van der Waals surface area contributed by atoms with Gasteiger partial charge in [0.25, 0.3) is 5.91 Å². The number of pyridine rings is 1. The van der Waals surface area contributed by atoms with Gasteiger partial charge in [0.2, 0.25) is 5.88 Å². The van der Waals surface area contributed by atoms with Crippen LogP contribution < -0.4 is 14.8 Å². The lowest BCUT2D eigenvalue weighted by molar-refractivity contribution is -0.139. The second-order valence-electron chi connectivity index (χ2n) is 8.27. The molecule has 0 aliphatic carbocycles. The first-order valence-corrected chi connectivity index (χ1v) is 10.1. The van der Waals surface area contributed by atoms with Crippen molar-refractivity contribution in [1.29, 1.82) is 0 Å². The minimum atomic E-state index is -1.06. The second kappa shape index (κ2) is 11.3. The Hall–Kier alpha value is -3.13. The molecule has 2 N–H and O–H groups in total. The number of carbonyl (C=O) groups is 2. The maximum atomic E-state index is 12.4. The van der Waals surface area contributed by atoms with Gasteiger partial charge in [-0.3, -0.25) is 4.79 Å². The summed E-state index contributed by atoms with van der Waals surface area (Å²) >= 11 is 0. The summed E-state index contributed by atoms with van der Waals surface area (Å²) < 4.78 is 16.2. The van der Waals surface area contributed by atoms with Gasteiger partial charge >= 0.3 is 5.97 Å². The molecule has 1 atom stereocenters. The molecule has 0 saturated carbocycles. The average molecular weight is 431 g/mol. The monoisotopic (exact) mass is 430 g/mol. The fourth-order valence-electron chi connectivity index (χ4n) is 2.64. The number of rotatable bonds is 11. The van der Waals surface area contributed by atoms with Crippen LogP contribution in [0.1, 0.15) is 44.0 Å². The van der Waals surface area contributed by atoms with Crippen LogP contribution in [-0.2, 0) is 9.53 Å². The Morgan fingerprint density at radius 2 is 1.87 bits per heavy atom. The van der Waals surface area contributed by atoms with E-state index >= 15 is 0 Å². The standard InChI is InChI=1S/C23H30N2O6/c1-23(2,3)11-10-19(22(27)28)25-21(26)16-8-9-20(24-15-16)31-18-7-5-6-17(14-18)30-13-12-29-4/h5-9,14-15,19H,10-13H2,1-4H3,(H,25,26)(H,27,28)/t19-/m0/s1. The highest BCUT2D eigenvalue weighted by atomic mass is 16.5. The lowest BCUT2D eigenvalue weighted by Gasteiger charge is -2.21. The van der Waals surface area contributed by atoms with E-state index in [4.69, 9.17) is 14.2 Å². The number of hydrogen-bond acceptors (Lipinski definition) is 6. The summed E-state index contributed by atoms with van der Waals surface area (Å²) in [5.41, 5.74) is 0.233. The molecule has 0 unspecified atom stereocenters. The van der Waals surface area contributed by atoms with Gasteiger partial charge in [0.05, 0.1) is 12.2 Å². The van der Waals surface area contributed by atoms with Crippen molar-refractivity contribution in [2.75, 3.05) is 20.3 Å². The molecule has 0 saturated heterocycles. The molecule has 0 aliphatic heterocycles. The topological polar surface area (TPSA) is 107 Å². The minimum absolute atomic E-state index is 0.0227. The Bertz CT molecular complexity index is 861. The Balaban J connectivity index is 1.97. The van der Waals surface area contributed by atoms with Crippen LogP contribution in [0.2, 0.25) is 0 Å². The summed E-state index contributed by atoms with van der Waals surface area (Å²) in [4.78, 5) is 28.1. The quantitative estimate of drug-likeness (QED) is 0.521. The molecular formula is C23H30N2O6. The van der Waals surface area contributed by atoms with Crippen molar-refractivity contribution < 1.29 is 28.9 Å². The van der Waals surface area contributed by atoms with Crippen LogP contribution in [0, 0.1) is 5.41 Å². The van der Waals surface area contributed by atoms with E-state index in [0.29, 0.717) is 43.4 Å². The highest BCUT2D eigenvalue weighted by Gasteiger charge is 2.23. The molecule has 0 aliphatic rings. The van der Waals surface area contributed by atoms with E-state index in [1.165, 1.54) is 6.20 Å². The first kappa shape index (κ1) is 24.1. The van der Waals surface area contributed by atoms with Gasteiger partial charge in [0.1, 0.15) is 24.1 Å². The largest absolute Gasteiger partial charge is 0.491 e. The molecule has 0 radical (unpaired) electrons. The number of amides is 1. The fourth-order valence-corrected chi connectivity index (χ4v) is 2.64. The molecular weight excluding hydrogens is 400 g/mol. The van der Waals surface area contributed by atoms with Gasteiger partial charge in [-0.2, -0.15) is 0 Å². The number of ether oxygens (including phenoxy) is 3. The Morgan fingerprint density at radius 3 is 2.48 bits per heavy atom. The van der Waals surface area contributed by atoms with Crippen molar-refractivity contribution in [2.24, 2.45) is 5.41 Å². The maximum absolute atomic E-state index is 12.4. The van der Waals surface area contributed by atoms with E-state index in [2.05, 4.69) is 10.3 Å². The SMILES string of the molecule is COCCOc1cccc(Oc2ccc(C(=O)N[C@@H](CCC(C)(C)C)C(=O)O)cn2)c1. The molecule has 1 aromatic heterocycles. The van der Waals surface area contributed by atoms with Crippen molar-refractivity contribution in [3.8, 4) is 17.4 Å². The lowest BCUT2D eigenvalue weighted by Crippen LogP contribution is -2.41. The third-order valence-corrected chi connectivity index (χ3v) is 4.37. The van der Waals surface area contributed by atoms with Gasteiger partial charge in [-0.15, -0.1) is 0 Å². The van der Waals surface area contributed by atoms with Gasteiger partial charge in [0, 0.05) is 25.4 Å². The number of benzene rings is 1. The summed E-state index contributed by atoms with van der Waals surface area (Å²) in [6.07, 6.45) is 2.37. The third-order valence-electron chi connectivity index (χ3n) is 4.37. The molecule has 1 heterocycles. The number of aliphatic carboxylic acids is 1. The number of hydrogen-bond donors (Lipinski definition) is 2. The van der Waals surface area contributed by atoms with E-state index in [1.54, 1.807) is 37.4 Å². The van der Waals surface area contributed by atoms with Crippen LogP contribution in [0.15, 0.2) is 42.6 Å². The van der Waals surface area contributed by atoms with E-state index in [1.807, 2.05) is 26.8 Å². The van der Waals surface area contributed by atoms with Crippen LogP contribution >= 0.6 is 0 Å². The minimum Gasteiger partial charge on any atom is -0.491 e. The lowest BCUT2D eigenvalue weighted by atomic mass is 9.88. The van der Waals surface area contributed by atoms with Gasteiger partial charge < -0.3 is 24.6 Å². The van der Waals surface area contributed by atoms with Crippen LogP contribution in [-0.4, -0.2) is 48.3 Å². The van der Waals surface area contributed by atoms with Crippen molar-refractivity contribution in [3.05, 3.63) is 48.2 Å². The number of carbonyl (C=O) groups excluding carboxylic acids is 1. The molecule has 2 aromatic rings. The molecule has 8 nitrogen and oxygen atoms in total. The van der Waals surface area contributed by atoms with E-state index in [9.17, 15) is 14.7 Å². The van der Waals surface area contributed by atoms with Gasteiger partial charge in [-0.25, -0.2) is 9.78 Å². The van der Waals surface area contributed by atoms with Crippen molar-refractivity contribution in [2.45, 2.75) is 39.7 Å². The fraction of sp³-hybridized carbons (Fsp3) is 0.435. The Morgan fingerprint density at radius 1 is 1.13 bits per heavy atom. The zero-order valence-corrected chi connectivity index (χ0v) is 18.4. The molecule has 2 rings (SSSR count). The number of aromatic nitrogens is 1. The van der Waals surface area contributed by atoms with Crippen molar-refractivity contribution in [1.82, 2.24) is 10.3 Å². The first-order chi connectivity index (χ1) is 14.7. The summed E-state index contributed by atoms with van der Waals surface area (Å²) in [7, 11) is 1.60. The van der Waals surface area contributed by atoms with Gasteiger partial charge in [-0.05, 0) is 36.5 Å². The summed E-state index contributed by atoms with van der Waals surface area (Å²) in [6, 6.07) is 9.23. The highest BCUT2D eigenvalue weighted by molar-refractivity contribution is 5.96. The number of carboxylic acid groups (broad SMARTS) is 1. The number of nitrogens with zero attached hydrogens (tertiary/aromatic N) is 1. The maximum Gasteiger partial charge on any atom is 0.326 e.